The highest BCUT2D eigenvalue weighted by atomic mass is 31.2. The topological polar surface area (TPSA) is 89.5 Å². The number of fused-ring (bicyclic) bond motifs is 3. The molecule has 27 heavy (non-hydrogen) atoms. The third kappa shape index (κ3) is 4.95. The molecule has 3 aliphatic rings. The van der Waals surface area contributed by atoms with Crippen LogP contribution < -0.4 is 0 Å². The molecule has 3 fully saturated rings. The summed E-state index contributed by atoms with van der Waals surface area (Å²) in [7, 11) is 6.05. The fourth-order valence-corrected chi connectivity index (χ4v) is 6.04. The molecule has 0 aromatic carbocycles. The van der Waals surface area contributed by atoms with Crippen LogP contribution in [0.5, 0.6) is 0 Å². The van der Waals surface area contributed by atoms with Gasteiger partial charge in [0.15, 0.2) is 0 Å². The van der Waals surface area contributed by atoms with Crippen LogP contribution in [-0.2, 0) is 36.7 Å². The van der Waals surface area contributed by atoms with Crippen LogP contribution in [0.15, 0.2) is 0 Å². The highest BCUT2D eigenvalue weighted by Crippen LogP contribution is 2.53. The lowest BCUT2D eigenvalue weighted by molar-refractivity contribution is -0.00967. The Balaban J connectivity index is 1.86. The molecule has 3 heterocycles. The molecule has 0 aromatic heterocycles. The highest BCUT2D eigenvalue weighted by molar-refractivity contribution is 7.53. The summed E-state index contributed by atoms with van der Waals surface area (Å²) in [4.78, 5) is 0. The second kappa shape index (κ2) is 8.27. The van der Waals surface area contributed by atoms with Gasteiger partial charge in [0.2, 0.25) is 0 Å². The van der Waals surface area contributed by atoms with E-state index in [2.05, 4.69) is 0 Å². The van der Waals surface area contributed by atoms with E-state index in [4.69, 9.17) is 43.2 Å². The predicted molar refractivity (Wildman–Crippen MR) is 102 cm³/mol. The molecule has 10 atom stereocenters. The van der Waals surface area contributed by atoms with Crippen molar-refractivity contribution in [1.29, 1.82) is 0 Å². The van der Waals surface area contributed by atoms with Crippen LogP contribution in [0.25, 0.3) is 0 Å². The average Bonchev–Trinajstić information content (AvgIpc) is 3.02. The normalized spacial score (nSPS) is 54.4. The molecule has 2 bridgehead atoms. The summed E-state index contributed by atoms with van der Waals surface area (Å²) in [5.41, 5.74) is 0. The molecule has 8 nitrogen and oxygen atoms in total. The molecule has 0 N–H and O–H groups in total. The minimum absolute atomic E-state index is 0.0205. The van der Waals surface area contributed by atoms with E-state index < -0.39 is 51.6 Å². The van der Waals surface area contributed by atoms with Crippen molar-refractivity contribution in [2.24, 2.45) is 11.8 Å². The highest BCUT2D eigenvalue weighted by Gasteiger charge is 2.48. The van der Waals surface area contributed by atoms with Crippen molar-refractivity contribution in [3.05, 3.63) is 0 Å². The largest absolute Gasteiger partial charge is 0.379 e. The molecular weight excluding hydrogens is 391 g/mol. The third-order valence-electron chi connectivity index (χ3n) is 5.26. The van der Waals surface area contributed by atoms with Gasteiger partial charge in [-0.25, -0.2) is 0 Å². The van der Waals surface area contributed by atoms with E-state index in [-0.39, 0.29) is 25.0 Å². The Morgan fingerprint density at radius 1 is 0.889 bits per heavy atom. The van der Waals surface area contributed by atoms with E-state index in [1.807, 2.05) is 13.8 Å². The zero-order valence-electron chi connectivity index (χ0n) is 15.9. The molecule has 0 aliphatic carbocycles. The second-order valence-electron chi connectivity index (χ2n) is 7.46. The number of ether oxygens (including phenoxy) is 2. The molecule has 147 valence electrons. The van der Waals surface area contributed by atoms with E-state index in [0.29, 0.717) is 0 Å². The SMILES string of the molecule is [B][B]C1O[C@@H]2COP(C)(=O)O[C@@H]3[C@@H](COP(C)(=O)O[C@@H]1[C@@H]2C)OC([B])[C@@H]3C. The van der Waals surface area contributed by atoms with Gasteiger partial charge in [0.05, 0.1) is 38.7 Å². The first kappa shape index (κ1) is 22.1. The molecule has 3 rings (SSSR count). The number of hydrogen-bond acceptors (Lipinski definition) is 8. The van der Waals surface area contributed by atoms with Crippen molar-refractivity contribution in [2.75, 3.05) is 26.5 Å². The first-order valence-corrected chi connectivity index (χ1v) is 12.9. The maximum atomic E-state index is 12.9. The van der Waals surface area contributed by atoms with Crippen molar-refractivity contribution < 1.29 is 36.7 Å². The summed E-state index contributed by atoms with van der Waals surface area (Å²) in [6.07, 6.45) is -2.31. The Kier molecular flexibility index (Phi) is 6.77. The van der Waals surface area contributed by atoms with Crippen molar-refractivity contribution in [3.63, 3.8) is 0 Å². The van der Waals surface area contributed by atoms with E-state index in [1.165, 1.54) is 20.5 Å². The molecule has 0 spiro atoms. The van der Waals surface area contributed by atoms with Crippen molar-refractivity contribution in [2.45, 2.75) is 50.3 Å². The zero-order valence-corrected chi connectivity index (χ0v) is 17.7. The van der Waals surface area contributed by atoms with Crippen LogP contribution >= 0.6 is 15.2 Å². The van der Waals surface area contributed by atoms with Crippen molar-refractivity contribution in [1.82, 2.24) is 0 Å². The summed E-state index contributed by atoms with van der Waals surface area (Å²) in [5.74, 6) is -0.462. The summed E-state index contributed by atoms with van der Waals surface area (Å²) in [5, 5.41) is 0. The van der Waals surface area contributed by atoms with Gasteiger partial charge in [-0.05, 0) is 0 Å². The predicted octanol–water partition coefficient (Wildman–Crippen LogP) is 1.13. The summed E-state index contributed by atoms with van der Waals surface area (Å²) < 4.78 is 59.8. The Hall–Kier alpha value is 0.415. The van der Waals surface area contributed by atoms with Crippen LogP contribution in [0.4, 0.5) is 0 Å². The van der Waals surface area contributed by atoms with E-state index in [1.54, 1.807) is 0 Å². The van der Waals surface area contributed by atoms with Gasteiger partial charge in [0, 0.05) is 44.9 Å². The zero-order chi connectivity index (χ0) is 20.0. The average molecular weight is 415 g/mol. The van der Waals surface area contributed by atoms with E-state index in [9.17, 15) is 9.13 Å². The monoisotopic (exact) mass is 415 g/mol. The van der Waals surface area contributed by atoms with Crippen molar-refractivity contribution >= 4 is 37.9 Å². The van der Waals surface area contributed by atoms with E-state index >= 15 is 0 Å². The second-order valence-corrected chi connectivity index (χ2v) is 11.5. The van der Waals surface area contributed by atoms with Gasteiger partial charge < -0.3 is 27.6 Å². The third-order valence-corrected chi connectivity index (χ3v) is 7.75. The maximum absolute atomic E-state index is 12.9. The minimum Gasteiger partial charge on any atom is -0.379 e. The maximum Gasteiger partial charge on any atom is 0.328 e. The molecule has 3 aliphatic heterocycles. The lowest BCUT2D eigenvalue weighted by atomic mass is 9.50. The lowest BCUT2D eigenvalue weighted by Crippen LogP contribution is -2.34. The van der Waals surface area contributed by atoms with Crippen LogP contribution in [0.2, 0.25) is 0 Å². The summed E-state index contributed by atoms with van der Waals surface area (Å²) in [6, 6.07) is -1.21. The molecule has 0 saturated carbocycles. The van der Waals surface area contributed by atoms with Crippen molar-refractivity contribution in [3.8, 4) is 0 Å². The molecule has 5 radical (unpaired) electrons. The summed E-state index contributed by atoms with van der Waals surface area (Å²) >= 11 is 0. The van der Waals surface area contributed by atoms with Crippen LogP contribution in [-0.4, -0.2) is 85.7 Å². The van der Waals surface area contributed by atoms with Gasteiger partial charge >= 0.3 is 15.2 Å². The fraction of sp³-hybridized carbons (Fsp3) is 1.00. The Morgan fingerprint density at radius 3 is 2.04 bits per heavy atom. The standard InChI is InChI=1S/C14H24B3O8P2/c1-7-9-5-20-26(3,18)24-11-8(2)13(15)22-10(11)6-21-27(4,19)25-12(7)14(17-16)23-9/h7-14H,5-6H2,1-4H3/t7-,8-,9-,10-,11+,12-,13?,14?,26?,27?/m1/s1. The minimum atomic E-state index is -3.45. The van der Waals surface area contributed by atoms with Gasteiger partial charge in [-0.3, -0.25) is 9.13 Å². The molecular formula is C14H24B3O8P2. The molecule has 3 saturated heterocycles. The van der Waals surface area contributed by atoms with Crippen LogP contribution in [0, 0.1) is 11.8 Å². The quantitative estimate of drug-likeness (QED) is 0.466. The Morgan fingerprint density at radius 2 is 1.44 bits per heavy atom. The fourth-order valence-electron chi connectivity index (χ4n) is 3.56. The first-order valence-electron chi connectivity index (χ1n) is 8.95. The molecule has 13 heteroatoms. The van der Waals surface area contributed by atoms with Gasteiger partial charge in [-0.1, -0.05) is 13.8 Å². The smallest absolute Gasteiger partial charge is 0.328 e. The van der Waals surface area contributed by atoms with Gasteiger partial charge in [0.1, 0.15) is 14.0 Å². The van der Waals surface area contributed by atoms with Crippen LogP contribution in [0.1, 0.15) is 13.8 Å². The molecule has 0 amide bonds. The number of hydrogen-bond donors (Lipinski definition) is 0. The summed E-state index contributed by atoms with van der Waals surface area (Å²) in [6.45, 7) is 6.40. The Labute approximate surface area is 163 Å². The van der Waals surface area contributed by atoms with Crippen LogP contribution in [0.3, 0.4) is 0 Å². The molecule has 4 unspecified atom stereocenters. The first-order chi connectivity index (χ1) is 12.5. The van der Waals surface area contributed by atoms with Gasteiger partial charge in [-0.15, -0.1) is 0 Å². The lowest BCUT2D eigenvalue weighted by Gasteiger charge is -2.27. The van der Waals surface area contributed by atoms with Gasteiger partial charge in [-0.2, -0.15) is 0 Å². The Bertz CT molecular complexity index is 639. The number of rotatable bonds is 1. The van der Waals surface area contributed by atoms with Gasteiger partial charge in [0.25, 0.3) is 0 Å². The molecule has 0 aromatic rings. The van der Waals surface area contributed by atoms with E-state index in [0.717, 1.165) is 0 Å².